The average Bonchev–Trinajstić information content (AvgIpc) is 3.18. The van der Waals surface area contributed by atoms with Gasteiger partial charge in [0.25, 0.3) is 5.91 Å². The van der Waals surface area contributed by atoms with Crippen molar-refractivity contribution >= 4 is 11.9 Å². The predicted molar refractivity (Wildman–Crippen MR) is 120 cm³/mol. The Bertz CT molecular complexity index is 1010. The number of rotatable bonds is 5. The summed E-state index contributed by atoms with van der Waals surface area (Å²) in [5, 5.41) is 8.09. The molecule has 0 saturated heterocycles. The number of carbonyl (C=O) groups is 2. The summed E-state index contributed by atoms with van der Waals surface area (Å²) < 4.78 is 6.70. The van der Waals surface area contributed by atoms with Crippen LogP contribution in [0.5, 0.6) is 0 Å². The minimum Gasteiger partial charge on any atom is -0.465 e. The van der Waals surface area contributed by atoms with E-state index in [0.717, 1.165) is 41.6 Å². The molecule has 1 aromatic carbocycles. The predicted octanol–water partition coefficient (Wildman–Crippen LogP) is 4.48. The van der Waals surface area contributed by atoms with Gasteiger partial charge in [0.05, 0.1) is 35.8 Å². The third-order valence-electron chi connectivity index (χ3n) is 8.60. The molecule has 5 aliphatic rings. The van der Waals surface area contributed by atoms with Gasteiger partial charge in [-0.15, -0.1) is 0 Å². The van der Waals surface area contributed by atoms with Gasteiger partial charge in [-0.3, -0.25) is 4.79 Å². The van der Waals surface area contributed by atoms with Crippen LogP contribution in [0.15, 0.2) is 30.5 Å². The lowest BCUT2D eigenvalue weighted by molar-refractivity contribution is -0.0119. The van der Waals surface area contributed by atoms with Gasteiger partial charge in [-0.05, 0) is 92.9 Å². The van der Waals surface area contributed by atoms with E-state index in [4.69, 9.17) is 4.74 Å². The molecule has 4 bridgehead atoms. The molecule has 2 aromatic rings. The molecule has 0 radical (unpaired) electrons. The Morgan fingerprint density at radius 3 is 2.22 bits per heavy atom. The Hall–Kier alpha value is -2.63. The molecule has 0 spiro atoms. The molecule has 32 heavy (non-hydrogen) atoms. The quantitative estimate of drug-likeness (QED) is 0.706. The minimum atomic E-state index is -0.355. The van der Waals surface area contributed by atoms with Crippen molar-refractivity contribution in [3.63, 3.8) is 0 Å². The van der Waals surface area contributed by atoms with Crippen molar-refractivity contribution in [1.82, 2.24) is 15.1 Å². The van der Waals surface area contributed by atoms with Crippen molar-refractivity contribution in [2.45, 2.75) is 63.3 Å². The molecule has 0 unspecified atom stereocenters. The largest absolute Gasteiger partial charge is 0.465 e. The first kappa shape index (κ1) is 20.0. The van der Waals surface area contributed by atoms with E-state index in [0.29, 0.717) is 29.4 Å². The monoisotopic (exact) mass is 433 g/mol. The van der Waals surface area contributed by atoms with Crippen molar-refractivity contribution in [2.24, 2.45) is 23.7 Å². The molecule has 7 rings (SSSR count). The van der Waals surface area contributed by atoms with E-state index in [1.54, 1.807) is 18.3 Å². The van der Waals surface area contributed by atoms with Crippen LogP contribution in [0.2, 0.25) is 0 Å². The van der Waals surface area contributed by atoms with E-state index in [9.17, 15) is 9.59 Å². The molecular formula is C26H31N3O3. The summed E-state index contributed by atoms with van der Waals surface area (Å²) in [6.07, 6.45) is 11.7. The first-order chi connectivity index (χ1) is 15.6. The van der Waals surface area contributed by atoms with Crippen LogP contribution in [0, 0.1) is 23.7 Å². The maximum atomic E-state index is 13.5. The number of amides is 1. The van der Waals surface area contributed by atoms with E-state index in [-0.39, 0.29) is 11.9 Å². The Morgan fingerprint density at radius 2 is 1.66 bits per heavy atom. The molecule has 0 aliphatic heterocycles. The standard InChI is InChI=1S/C26H31N3O3/c1-32-26(31)18-5-7-21(8-6-18)29-24(17-3-2-4-17)22(14-27-29)25(30)28-23-19-10-15-9-16(12-19)13-20(23)11-15/h5-8,14-17,19-20,23H,2-4,9-13H2,1H3,(H,28,30). The molecule has 6 nitrogen and oxygen atoms in total. The Morgan fingerprint density at radius 1 is 1.00 bits per heavy atom. The van der Waals surface area contributed by atoms with Crippen LogP contribution in [0.25, 0.3) is 5.69 Å². The summed E-state index contributed by atoms with van der Waals surface area (Å²) in [5.41, 5.74) is 3.12. The lowest BCUT2D eigenvalue weighted by Crippen LogP contribution is -2.55. The highest BCUT2D eigenvalue weighted by atomic mass is 16.5. The van der Waals surface area contributed by atoms with Crippen molar-refractivity contribution in [1.29, 1.82) is 0 Å². The summed E-state index contributed by atoms with van der Waals surface area (Å²) in [6, 6.07) is 7.58. The number of methoxy groups -OCH3 is 1. The van der Waals surface area contributed by atoms with E-state index in [2.05, 4.69) is 10.4 Å². The van der Waals surface area contributed by atoms with Crippen molar-refractivity contribution in [2.75, 3.05) is 7.11 Å². The van der Waals surface area contributed by atoms with Crippen LogP contribution in [-0.2, 0) is 4.74 Å². The fourth-order valence-corrected chi connectivity index (χ4v) is 7.06. The summed E-state index contributed by atoms with van der Waals surface area (Å²) in [5.74, 6) is 3.15. The van der Waals surface area contributed by atoms with Gasteiger partial charge < -0.3 is 10.1 Å². The highest BCUT2D eigenvalue weighted by Crippen LogP contribution is 2.53. The zero-order chi connectivity index (χ0) is 21.8. The normalized spacial score (nSPS) is 30.7. The first-order valence-corrected chi connectivity index (χ1v) is 12.2. The van der Waals surface area contributed by atoms with E-state index >= 15 is 0 Å². The van der Waals surface area contributed by atoms with Crippen molar-refractivity contribution in [3.8, 4) is 5.69 Å². The topological polar surface area (TPSA) is 73.2 Å². The van der Waals surface area contributed by atoms with E-state index in [1.165, 1.54) is 45.6 Å². The first-order valence-electron chi connectivity index (χ1n) is 12.2. The number of esters is 1. The summed E-state index contributed by atoms with van der Waals surface area (Å²) in [7, 11) is 1.38. The second-order valence-electron chi connectivity index (χ2n) is 10.5. The fraction of sp³-hybridized carbons (Fsp3) is 0.577. The van der Waals surface area contributed by atoms with Crippen LogP contribution < -0.4 is 5.32 Å². The number of hydrogen-bond donors (Lipinski definition) is 1. The Labute approximate surface area is 188 Å². The maximum absolute atomic E-state index is 13.5. The average molecular weight is 434 g/mol. The van der Waals surface area contributed by atoms with Gasteiger partial charge in [-0.25, -0.2) is 9.48 Å². The number of carbonyl (C=O) groups excluding carboxylic acids is 2. The molecule has 1 amide bonds. The molecule has 168 valence electrons. The van der Waals surface area contributed by atoms with E-state index in [1.807, 2.05) is 16.8 Å². The lowest BCUT2D eigenvalue weighted by atomic mass is 9.54. The second kappa shape index (κ2) is 7.75. The van der Waals surface area contributed by atoms with Crippen LogP contribution >= 0.6 is 0 Å². The molecule has 5 aliphatic carbocycles. The van der Waals surface area contributed by atoms with Crippen molar-refractivity contribution in [3.05, 3.63) is 47.3 Å². The van der Waals surface area contributed by atoms with Crippen molar-refractivity contribution < 1.29 is 14.3 Å². The number of ether oxygens (including phenoxy) is 1. The van der Waals surface area contributed by atoms with Gasteiger partial charge in [0.15, 0.2) is 0 Å². The van der Waals surface area contributed by atoms with Gasteiger partial charge >= 0.3 is 5.97 Å². The lowest BCUT2D eigenvalue weighted by Gasteiger charge is -2.54. The zero-order valence-electron chi connectivity index (χ0n) is 18.6. The highest BCUT2D eigenvalue weighted by molar-refractivity contribution is 5.96. The molecule has 0 atom stereocenters. The maximum Gasteiger partial charge on any atom is 0.337 e. The molecule has 5 fully saturated rings. The van der Waals surface area contributed by atoms with Crippen LogP contribution in [-0.4, -0.2) is 34.8 Å². The number of nitrogens with zero attached hydrogens (tertiary/aromatic N) is 2. The number of aromatic nitrogens is 2. The highest BCUT2D eigenvalue weighted by Gasteiger charge is 2.48. The van der Waals surface area contributed by atoms with Crippen LogP contribution in [0.1, 0.15) is 83.7 Å². The Kier molecular flexibility index (Phi) is 4.85. The van der Waals surface area contributed by atoms with Crippen LogP contribution in [0.3, 0.4) is 0 Å². The van der Waals surface area contributed by atoms with Gasteiger partial charge in [0.2, 0.25) is 0 Å². The molecule has 5 saturated carbocycles. The van der Waals surface area contributed by atoms with Gasteiger partial charge in [0, 0.05) is 12.0 Å². The molecule has 1 N–H and O–H groups in total. The van der Waals surface area contributed by atoms with Gasteiger partial charge in [-0.1, -0.05) is 6.42 Å². The molecular weight excluding hydrogens is 402 g/mol. The van der Waals surface area contributed by atoms with Crippen LogP contribution in [0.4, 0.5) is 0 Å². The number of benzene rings is 1. The third kappa shape index (κ3) is 3.26. The minimum absolute atomic E-state index is 0.0433. The SMILES string of the molecule is COC(=O)c1ccc(-n2ncc(C(=O)NC3C4CC5CC(C4)CC3C5)c2C2CCC2)cc1. The number of hydrogen-bond acceptors (Lipinski definition) is 4. The smallest absolute Gasteiger partial charge is 0.337 e. The summed E-state index contributed by atoms with van der Waals surface area (Å²) >= 11 is 0. The summed E-state index contributed by atoms with van der Waals surface area (Å²) in [4.78, 5) is 25.3. The van der Waals surface area contributed by atoms with E-state index < -0.39 is 0 Å². The Balaban J connectivity index is 1.27. The van der Waals surface area contributed by atoms with Gasteiger partial charge in [0.1, 0.15) is 0 Å². The van der Waals surface area contributed by atoms with Gasteiger partial charge in [-0.2, -0.15) is 5.10 Å². The summed E-state index contributed by atoms with van der Waals surface area (Å²) in [6.45, 7) is 0. The third-order valence-corrected chi connectivity index (χ3v) is 8.60. The molecule has 6 heteroatoms. The second-order valence-corrected chi connectivity index (χ2v) is 10.5. The number of nitrogens with one attached hydrogen (secondary N) is 1. The molecule has 1 heterocycles. The zero-order valence-corrected chi connectivity index (χ0v) is 18.6. The molecule has 1 aromatic heterocycles. The fourth-order valence-electron chi connectivity index (χ4n) is 7.06.